The van der Waals surface area contributed by atoms with Crippen LogP contribution in [0.25, 0.3) is 0 Å². The number of hydrogen-bond acceptors (Lipinski definition) is 2. The van der Waals surface area contributed by atoms with Crippen molar-refractivity contribution in [2.75, 3.05) is 0 Å². The fourth-order valence-corrected chi connectivity index (χ4v) is 2.06. The van der Waals surface area contributed by atoms with Crippen LogP contribution >= 0.6 is 0 Å². The molecule has 0 heterocycles. The topological polar surface area (TPSA) is 55.1 Å². The molecule has 0 aliphatic heterocycles. The van der Waals surface area contributed by atoms with Gasteiger partial charge >= 0.3 is 0 Å². The zero-order valence-electron chi connectivity index (χ0n) is 12.2. The second kappa shape index (κ2) is 7.95. The van der Waals surface area contributed by atoms with Crippen molar-refractivity contribution in [2.45, 2.75) is 52.1 Å². The van der Waals surface area contributed by atoms with Gasteiger partial charge in [0.25, 0.3) is 0 Å². The van der Waals surface area contributed by atoms with Crippen LogP contribution in [0, 0.1) is 5.92 Å². The summed E-state index contributed by atoms with van der Waals surface area (Å²) in [5.41, 5.74) is 6.85. The Morgan fingerprint density at radius 2 is 1.79 bits per heavy atom. The summed E-state index contributed by atoms with van der Waals surface area (Å²) >= 11 is 0. The Kier molecular flexibility index (Phi) is 6.57. The van der Waals surface area contributed by atoms with E-state index in [1.165, 1.54) is 0 Å². The molecule has 0 saturated heterocycles. The standard InChI is InChI=1S/C16H26N2O/c1-12(8-7-9-13(2)17)16(19)18-14(3)15-10-5-4-6-11-15/h4-6,10-14H,7-9,17H2,1-3H3,(H,18,19). The van der Waals surface area contributed by atoms with E-state index in [2.05, 4.69) is 5.32 Å². The molecular weight excluding hydrogens is 236 g/mol. The first-order chi connectivity index (χ1) is 9.00. The van der Waals surface area contributed by atoms with Crippen LogP contribution in [0.1, 0.15) is 51.6 Å². The average molecular weight is 262 g/mol. The summed E-state index contributed by atoms with van der Waals surface area (Å²) in [4.78, 5) is 12.1. The Bertz CT molecular complexity index is 376. The van der Waals surface area contributed by atoms with Crippen molar-refractivity contribution >= 4 is 5.91 Å². The molecule has 19 heavy (non-hydrogen) atoms. The maximum absolute atomic E-state index is 12.1. The van der Waals surface area contributed by atoms with Gasteiger partial charge in [0.2, 0.25) is 5.91 Å². The third kappa shape index (κ3) is 5.88. The minimum atomic E-state index is 0.0462. The average Bonchev–Trinajstić information content (AvgIpc) is 2.39. The number of amides is 1. The minimum Gasteiger partial charge on any atom is -0.349 e. The molecule has 106 valence electrons. The molecule has 3 atom stereocenters. The first-order valence-corrected chi connectivity index (χ1v) is 7.11. The van der Waals surface area contributed by atoms with Gasteiger partial charge in [-0.2, -0.15) is 0 Å². The van der Waals surface area contributed by atoms with Gasteiger partial charge in [0.05, 0.1) is 6.04 Å². The molecule has 3 unspecified atom stereocenters. The van der Waals surface area contributed by atoms with Crippen molar-refractivity contribution in [3.63, 3.8) is 0 Å². The van der Waals surface area contributed by atoms with Gasteiger partial charge in [-0.25, -0.2) is 0 Å². The Morgan fingerprint density at radius 3 is 2.37 bits per heavy atom. The molecule has 1 rings (SSSR count). The van der Waals surface area contributed by atoms with E-state index in [9.17, 15) is 4.79 Å². The molecule has 3 heteroatoms. The SMILES string of the molecule is CC(N)CCCC(C)C(=O)NC(C)c1ccccc1. The lowest BCUT2D eigenvalue weighted by Crippen LogP contribution is -2.31. The van der Waals surface area contributed by atoms with Crippen LogP contribution in [-0.4, -0.2) is 11.9 Å². The maximum atomic E-state index is 12.1. The van der Waals surface area contributed by atoms with E-state index in [0.717, 1.165) is 24.8 Å². The molecule has 0 fully saturated rings. The predicted octanol–water partition coefficient (Wildman–Crippen LogP) is 3.02. The molecule has 3 nitrogen and oxygen atoms in total. The number of benzene rings is 1. The van der Waals surface area contributed by atoms with Gasteiger partial charge in [-0.3, -0.25) is 4.79 Å². The monoisotopic (exact) mass is 262 g/mol. The van der Waals surface area contributed by atoms with Crippen LogP contribution in [0.5, 0.6) is 0 Å². The Balaban J connectivity index is 2.37. The van der Waals surface area contributed by atoms with Crippen LogP contribution in [0.3, 0.4) is 0 Å². The van der Waals surface area contributed by atoms with Crippen LogP contribution in [0.2, 0.25) is 0 Å². The summed E-state index contributed by atoms with van der Waals surface area (Å²) in [7, 11) is 0. The normalized spacial score (nSPS) is 15.6. The summed E-state index contributed by atoms with van der Waals surface area (Å²) in [6, 6.07) is 10.3. The predicted molar refractivity (Wildman–Crippen MR) is 79.7 cm³/mol. The number of carbonyl (C=O) groups is 1. The van der Waals surface area contributed by atoms with E-state index in [1.54, 1.807) is 0 Å². The smallest absolute Gasteiger partial charge is 0.223 e. The van der Waals surface area contributed by atoms with Gasteiger partial charge in [0.15, 0.2) is 0 Å². The van der Waals surface area contributed by atoms with Crippen LogP contribution in [0.15, 0.2) is 30.3 Å². The lowest BCUT2D eigenvalue weighted by Gasteiger charge is -2.18. The van der Waals surface area contributed by atoms with E-state index >= 15 is 0 Å². The maximum Gasteiger partial charge on any atom is 0.223 e. The molecule has 0 bridgehead atoms. The third-order valence-electron chi connectivity index (χ3n) is 3.40. The highest BCUT2D eigenvalue weighted by Gasteiger charge is 2.15. The van der Waals surface area contributed by atoms with Gasteiger partial charge < -0.3 is 11.1 Å². The van der Waals surface area contributed by atoms with Crippen LogP contribution in [0.4, 0.5) is 0 Å². The molecule has 3 N–H and O–H groups in total. The van der Waals surface area contributed by atoms with Gasteiger partial charge in [0.1, 0.15) is 0 Å². The van der Waals surface area contributed by atoms with E-state index in [0.29, 0.717) is 0 Å². The van der Waals surface area contributed by atoms with E-state index in [1.807, 2.05) is 51.1 Å². The fourth-order valence-electron chi connectivity index (χ4n) is 2.06. The van der Waals surface area contributed by atoms with Crippen molar-refractivity contribution < 1.29 is 4.79 Å². The van der Waals surface area contributed by atoms with Crippen molar-refractivity contribution in [1.29, 1.82) is 0 Å². The molecule has 1 aromatic rings. The Hall–Kier alpha value is -1.35. The van der Waals surface area contributed by atoms with E-state index in [4.69, 9.17) is 5.73 Å². The lowest BCUT2D eigenvalue weighted by atomic mass is 10.0. The molecule has 0 saturated carbocycles. The molecule has 0 spiro atoms. The Morgan fingerprint density at radius 1 is 1.16 bits per heavy atom. The highest BCUT2D eigenvalue weighted by molar-refractivity contribution is 5.78. The number of nitrogens with one attached hydrogen (secondary N) is 1. The highest BCUT2D eigenvalue weighted by Crippen LogP contribution is 2.14. The second-order valence-electron chi connectivity index (χ2n) is 5.45. The number of rotatable bonds is 7. The number of hydrogen-bond donors (Lipinski definition) is 2. The minimum absolute atomic E-state index is 0.0462. The van der Waals surface area contributed by atoms with Gasteiger partial charge in [-0.05, 0) is 32.3 Å². The summed E-state index contributed by atoms with van der Waals surface area (Å²) in [5.74, 6) is 0.172. The van der Waals surface area contributed by atoms with Crippen molar-refractivity contribution in [3.8, 4) is 0 Å². The molecule has 1 amide bonds. The zero-order valence-corrected chi connectivity index (χ0v) is 12.2. The highest BCUT2D eigenvalue weighted by atomic mass is 16.1. The summed E-state index contributed by atoms with van der Waals surface area (Å²) in [6.45, 7) is 6.00. The summed E-state index contributed by atoms with van der Waals surface area (Å²) in [6.07, 6.45) is 2.88. The molecule has 0 aliphatic rings. The molecule has 1 aromatic carbocycles. The van der Waals surface area contributed by atoms with Crippen molar-refractivity contribution in [1.82, 2.24) is 5.32 Å². The van der Waals surface area contributed by atoms with Crippen LogP contribution < -0.4 is 11.1 Å². The lowest BCUT2D eigenvalue weighted by molar-refractivity contribution is -0.125. The second-order valence-corrected chi connectivity index (χ2v) is 5.45. The zero-order chi connectivity index (χ0) is 14.3. The summed E-state index contributed by atoms with van der Waals surface area (Å²) < 4.78 is 0. The van der Waals surface area contributed by atoms with Gasteiger partial charge in [-0.15, -0.1) is 0 Å². The molecule has 0 radical (unpaired) electrons. The largest absolute Gasteiger partial charge is 0.349 e. The van der Waals surface area contributed by atoms with E-state index < -0.39 is 0 Å². The quantitative estimate of drug-likeness (QED) is 0.793. The Labute approximate surface area is 116 Å². The molecule has 0 aromatic heterocycles. The first kappa shape index (κ1) is 15.7. The summed E-state index contributed by atoms with van der Waals surface area (Å²) in [5, 5.41) is 3.06. The van der Waals surface area contributed by atoms with Crippen molar-refractivity contribution in [3.05, 3.63) is 35.9 Å². The van der Waals surface area contributed by atoms with Crippen molar-refractivity contribution in [2.24, 2.45) is 11.7 Å². The third-order valence-corrected chi connectivity index (χ3v) is 3.40. The van der Waals surface area contributed by atoms with Gasteiger partial charge in [-0.1, -0.05) is 43.7 Å². The molecule has 0 aliphatic carbocycles. The fraction of sp³-hybridized carbons (Fsp3) is 0.562. The number of nitrogens with two attached hydrogens (primary N) is 1. The van der Waals surface area contributed by atoms with E-state index in [-0.39, 0.29) is 23.9 Å². The van der Waals surface area contributed by atoms with Gasteiger partial charge in [0, 0.05) is 12.0 Å². The molecular formula is C16H26N2O. The van der Waals surface area contributed by atoms with Crippen LogP contribution in [-0.2, 0) is 4.79 Å². The number of carbonyl (C=O) groups excluding carboxylic acids is 1. The first-order valence-electron chi connectivity index (χ1n) is 7.11.